The number of benzene rings is 3. The Morgan fingerprint density at radius 3 is 2.24 bits per heavy atom. The number of rotatable bonds is 6. The molecule has 0 aliphatic carbocycles. The monoisotopic (exact) mass is 575 g/mol. The number of hydrogen-bond donors (Lipinski definition) is 3. The third-order valence-electron chi connectivity index (χ3n) is 6.43. The van der Waals surface area contributed by atoms with E-state index in [1.165, 1.54) is 44.2 Å². The lowest BCUT2D eigenvalue weighted by Gasteiger charge is -2.28. The number of alkyl halides is 3. The van der Waals surface area contributed by atoms with Crippen molar-refractivity contribution >= 4 is 40.9 Å². The predicted octanol–water partition coefficient (Wildman–Crippen LogP) is 5.47. The van der Waals surface area contributed by atoms with Crippen molar-refractivity contribution in [3.63, 3.8) is 0 Å². The largest absolute Gasteiger partial charge is 0.419 e. The van der Waals surface area contributed by atoms with Crippen LogP contribution in [-0.2, 0) is 17.5 Å². The normalized spacial score (nSPS) is 14.8. The van der Waals surface area contributed by atoms with Crippen LogP contribution < -0.4 is 21.3 Å². The molecule has 1 saturated heterocycles. The zero-order chi connectivity index (χ0) is 30.3. The van der Waals surface area contributed by atoms with E-state index in [1.807, 2.05) is 0 Å². The second-order valence-electron chi connectivity index (χ2n) is 9.52. The summed E-state index contributed by atoms with van der Waals surface area (Å²) in [5.41, 5.74) is 1.72. The number of halogens is 5. The van der Waals surface area contributed by atoms with Crippen molar-refractivity contribution in [2.75, 3.05) is 15.5 Å². The molecule has 1 aliphatic heterocycles. The van der Waals surface area contributed by atoms with Crippen LogP contribution in [0.4, 0.5) is 48.6 Å². The van der Waals surface area contributed by atoms with Gasteiger partial charge < -0.3 is 21.3 Å². The fraction of sp³-hybridized carbons (Fsp3) is 0.185. The minimum atomic E-state index is -5.08. The average Bonchev–Trinajstić information content (AvgIpc) is 3.04. The molecule has 1 heterocycles. The molecule has 0 bridgehead atoms. The third-order valence-corrected chi connectivity index (χ3v) is 6.43. The molecular formula is C27H22F5N5O4. The fourth-order valence-corrected chi connectivity index (χ4v) is 4.25. The van der Waals surface area contributed by atoms with E-state index < -0.39 is 58.5 Å². The Morgan fingerprint density at radius 1 is 0.927 bits per heavy atom. The van der Waals surface area contributed by atoms with Gasteiger partial charge in [-0.3, -0.25) is 9.59 Å². The highest BCUT2D eigenvalue weighted by molar-refractivity contribution is 6.23. The summed E-state index contributed by atoms with van der Waals surface area (Å²) in [6.07, 6.45) is -5.08. The van der Waals surface area contributed by atoms with Gasteiger partial charge in [-0.2, -0.15) is 13.2 Å². The van der Waals surface area contributed by atoms with Gasteiger partial charge in [0, 0.05) is 0 Å². The van der Waals surface area contributed by atoms with E-state index in [4.69, 9.17) is 5.73 Å². The van der Waals surface area contributed by atoms with E-state index in [2.05, 4.69) is 10.6 Å². The van der Waals surface area contributed by atoms with E-state index in [0.717, 1.165) is 23.1 Å². The summed E-state index contributed by atoms with van der Waals surface area (Å²) in [7, 11) is 0. The van der Waals surface area contributed by atoms with Crippen LogP contribution in [0.2, 0.25) is 0 Å². The summed E-state index contributed by atoms with van der Waals surface area (Å²) in [6.45, 7) is 2.33. The van der Waals surface area contributed by atoms with Crippen LogP contribution in [0.3, 0.4) is 0 Å². The van der Waals surface area contributed by atoms with Gasteiger partial charge in [-0.1, -0.05) is 18.2 Å². The second-order valence-corrected chi connectivity index (χ2v) is 9.52. The van der Waals surface area contributed by atoms with E-state index in [9.17, 15) is 41.1 Å². The van der Waals surface area contributed by atoms with Gasteiger partial charge in [-0.25, -0.2) is 23.3 Å². The Labute approximate surface area is 229 Å². The maximum atomic E-state index is 14.2. The third kappa shape index (κ3) is 5.66. The highest BCUT2D eigenvalue weighted by atomic mass is 19.4. The molecule has 4 N–H and O–H groups in total. The summed E-state index contributed by atoms with van der Waals surface area (Å²) < 4.78 is 67.8. The Balaban J connectivity index is 1.62. The molecule has 0 atom stereocenters. The number of urea groups is 2. The van der Waals surface area contributed by atoms with Gasteiger partial charge in [-0.05, 0) is 61.9 Å². The van der Waals surface area contributed by atoms with Crippen LogP contribution in [0.5, 0.6) is 0 Å². The van der Waals surface area contributed by atoms with Crippen molar-refractivity contribution in [2.24, 2.45) is 5.73 Å². The minimum absolute atomic E-state index is 0.0135. The molecule has 3 aromatic carbocycles. The lowest BCUT2D eigenvalue weighted by Crippen LogP contribution is -2.43. The Morgan fingerprint density at radius 2 is 1.59 bits per heavy atom. The van der Waals surface area contributed by atoms with Crippen molar-refractivity contribution in [2.45, 2.75) is 32.1 Å². The van der Waals surface area contributed by atoms with Crippen LogP contribution >= 0.6 is 0 Å². The van der Waals surface area contributed by atoms with Crippen molar-refractivity contribution in [1.29, 1.82) is 0 Å². The predicted molar refractivity (Wildman–Crippen MR) is 138 cm³/mol. The molecule has 0 saturated carbocycles. The number of carbonyl (C=O) groups is 4. The highest BCUT2D eigenvalue weighted by Crippen LogP contribution is 2.38. The van der Waals surface area contributed by atoms with E-state index >= 15 is 0 Å². The number of nitrogens with two attached hydrogens (primary N) is 1. The number of nitrogens with zero attached hydrogens (tertiary/aromatic N) is 2. The van der Waals surface area contributed by atoms with Gasteiger partial charge in [-0.15, -0.1) is 0 Å². The maximum Gasteiger partial charge on any atom is 0.419 e. The van der Waals surface area contributed by atoms with Gasteiger partial charge in [0.05, 0.1) is 34.7 Å². The number of carbonyl (C=O) groups excluding carboxylic acids is 4. The first-order valence-corrected chi connectivity index (χ1v) is 11.9. The molecule has 4 rings (SSSR count). The smallest absolute Gasteiger partial charge is 0.366 e. The van der Waals surface area contributed by atoms with Crippen LogP contribution in [0.25, 0.3) is 0 Å². The van der Waals surface area contributed by atoms with Crippen molar-refractivity contribution in [3.05, 3.63) is 89.0 Å². The molecular weight excluding hydrogens is 553 g/mol. The van der Waals surface area contributed by atoms with Crippen molar-refractivity contribution in [3.8, 4) is 0 Å². The molecule has 0 unspecified atom stereocenters. The number of nitrogens with one attached hydrogen (secondary N) is 2. The zero-order valence-electron chi connectivity index (χ0n) is 21.5. The summed E-state index contributed by atoms with van der Waals surface area (Å²) in [4.78, 5) is 52.4. The lowest BCUT2D eigenvalue weighted by atomic mass is 10.0. The topological polar surface area (TPSA) is 125 Å². The van der Waals surface area contributed by atoms with E-state index in [-0.39, 0.29) is 29.0 Å². The molecule has 0 aromatic heterocycles. The Kier molecular flexibility index (Phi) is 7.44. The maximum absolute atomic E-state index is 14.2. The fourth-order valence-electron chi connectivity index (χ4n) is 4.25. The van der Waals surface area contributed by atoms with Gasteiger partial charge in [0.1, 0.15) is 17.2 Å². The standard InChI is InChI=1S/C27H22F5N5O4/c1-26(2)23(39)37(16-9-10-19(29)18(12-16)27(30,31)32)25(41)36(26)13-14-7-8-15(28)11-21(14)35-24(40)34-20-6-4-3-5-17(20)22(33)38/h3-12H,13H2,1-2H3,(H2,33,38)(H2,34,35,40). The average molecular weight is 575 g/mol. The first-order chi connectivity index (χ1) is 19.1. The summed E-state index contributed by atoms with van der Waals surface area (Å²) >= 11 is 0. The molecule has 6 amide bonds. The van der Waals surface area contributed by atoms with Gasteiger partial charge in [0.15, 0.2) is 0 Å². The van der Waals surface area contributed by atoms with Gasteiger partial charge in [0.2, 0.25) is 0 Å². The number of anilines is 3. The zero-order valence-corrected chi connectivity index (χ0v) is 21.5. The Bertz CT molecular complexity index is 1570. The molecule has 3 aromatic rings. The van der Waals surface area contributed by atoms with Crippen LogP contribution in [0.15, 0.2) is 60.7 Å². The molecule has 9 nitrogen and oxygen atoms in total. The first-order valence-electron chi connectivity index (χ1n) is 11.9. The molecule has 1 aliphatic rings. The Hall–Kier alpha value is -5.01. The van der Waals surface area contributed by atoms with E-state index in [0.29, 0.717) is 17.0 Å². The number of imide groups is 1. The van der Waals surface area contributed by atoms with Crippen molar-refractivity contribution in [1.82, 2.24) is 4.90 Å². The number of hydrogen-bond acceptors (Lipinski definition) is 4. The number of para-hydroxylation sites is 1. The molecule has 0 radical (unpaired) electrons. The molecule has 0 spiro atoms. The number of primary amides is 1. The van der Waals surface area contributed by atoms with E-state index in [1.54, 1.807) is 0 Å². The van der Waals surface area contributed by atoms with Gasteiger partial charge >= 0.3 is 18.2 Å². The molecule has 214 valence electrons. The molecule has 14 heteroatoms. The van der Waals surface area contributed by atoms with Crippen LogP contribution in [-0.4, -0.2) is 34.3 Å². The first kappa shape index (κ1) is 29.0. The molecule has 41 heavy (non-hydrogen) atoms. The van der Waals surface area contributed by atoms with Crippen LogP contribution in [0.1, 0.15) is 35.3 Å². The minimum Gasteiger partial charge on any atom is -0.366 e. The summed E-state index contributed by atoms with van der Waals surface area (Å²) in [6, 6.07) is 8.96. The summed E-state index contributed by atoms with van der Waals surface area (Å²) in [5, 5.41) is 4.85. The summed E-state index contributed by atoms with van der Waals surface area (Å²) in [5.74, 6) is -4.02. The quantitative estimate of drug-likeness (QED) is 0.266. The van der Waals surface area contributed by atoms with Gasteiger partial charge in [0.25, 0.3) is 11.8 Å². The molecule has 1 fully saturated rings. The van der Waals surface area contributed by atoms with Crippen molar-refractivity contribution < 1.29 is 41.1 Å². The lowest BCUT2D eigenvalue weighted by molar-refractivity contribution is -0.140. The number of amides is 6. The highest BCUT2D eigenvalue weighted by Gasteiger charge is 2.52. The van der Waals surface area contributed by atoms with Crippen LogP contribution in [0, 0.1) is 11.6 Å². The SMILES string of the molecule is CC1(C)C(=O)N(c2ccc(F)c(C(F)(F)F)c2)C(=O)N1Cc1ccc(F)cc1NC(=O)Nc1ccccc1C(N)=O. The second kappa shape index (κ2) is 10.5.